The van der Waals surface area contributed by atoms with E-state index in [0.29, 0.717) is 0 Å². The zero-order chi connectivity index (χ0) is 11.9. The zero-order valence-electron chi connectivity index (χ0n) is 9.84. The molecule has 0 saturated heterocycles. The molecule has 0 amide bonds. The Hall–Kier alpha value is -1.83. The van der Waals surface area contributed by atoms with Crippen LogP contribution in [0.5, 0.6) is 0 Å². The number of rotatable bonds is 3. The summed E-state index contributed by atoms with van der Waals surface area (Å²) in [5, 5.41) is 11.8. The van der Waals surface area contributed by atoms with Gasteiger partial charge in [0.05, 0.1) is 6.21 Å². The minimum atomic E-state index is 1.01. The first-order valence-electron chi connectivity index (χ1n) is 6.03. The van der Waals surface area contributed by atoms with Crippen molar-refractivity contribution >= 4 is 12.3 Å². The summed E-state index contributed by atoms with van der Waals surface area (Å²) in [4.78, 5) is 0. The molecule has 0 unspecified atom stereocenters. The number of allylic oxidation sites excluding steroid dienone is 3. The van der Waals surface area contributed by atoms with Crippen LogP contribution in [0, 0.1) is 0 Å². The third-order valence-corrected chi connectivity index (χ3v) is 3.04. The SMILES string of the molecule is O/N=C/C1=C(/C=C/c2ccccc2)CCCC1. The number of hydrogen-bond donors (Lipinski definition) is 1. The summed E-state index contributed by atoms with van der Waals surface area (Å²) in [7, 11) is 0. The van der Waals surface area contributed by atoms with E-state index in [2.05, 4.69) is 29.4 Å². The molecule has 1 aromatic carbocycles. The Morgan fingerprint density at radius 1 is 0.941 bits per heavy atom. The molecular formula is C15H17NO. The highest BCUT2D eigenvalue weighted by atomic mass is 16.4. The Bertz CT molecular complexity index is 443. The van der Waals surface area contributed by atoms with Crippen molar-refractivity contribution in [1.82, 2.24) is 0 Å². The Balaban J connectivity index is 2.18. The van der Waals surface area contributed by atoms with Gasteiger partial charge < -0.3 is 5.21 Å². The minimum Gasteiger partial charge on any atom is -0.411 e. The van der Waals surface area contributed by atoms with Crippen LogP contribution in [0.25, 0.3) is 6.08 Å². The number of nitrogens with zero attached hydrogens (tertiary/aromatic N) is 1. The van der Waals surface area contributed by atoms with Crippen molar-refractivity contribution in [2.24, 2.45) is 5.16 Å². The molecule has 0 spiro atoms. The van der Waals surface area contributed by atoms with Crippen LogP contribution in [0.15, 0.2) is 52.7 Å². The predicted octanol–water partition coefficient (Wildman–Crippen LogP) is 4.03. The van der Waals surface area contributed by atoms with Crippen LogP contribution < -0.4 is 0 Å². The fourth-order valence-electron chi connectivity index (χ4n) is 2.12. The molecule has 2 rings (SSSR count). The summed E-state index contributed by atoms with van der Waals surface area (Å²) in [6, 6.07) is 10.2. The van der Waals surface area contributed by atoms with Gasteiger partial charge in [-0.3, -0.25) is 0 Å². The second kappa shape index (κ2) is 6.04. The van der Waals surface area contributed by atoms with Crippen LogP contribution in [-0.2, 0) is 0 Å². The number of hydrogen-bond acceptors (Lipinski definition) is 2. The van der Waals surface area contributed by atoms with Crippen molar-refractivity contribution in [2.75, 3.05) is 0 Å². The van der Waals surface area contributed by atoms with Gasteiger partial charge in [-0.05, 0) is 42.4 Å². The molecule has 0 saturated carbocycles. The smallest absolute Gasteiger partial charge is 0.0696 e. The quantitative estimate of drug-likeness (QED) is 0.472. The fourth-order valence-corrected chi connectivity index (χ4v) is 2.12. The van der Waals surface area contributed by atoms with Gasteiger partial charge in [0.2, 0.25) is 0 Å². The second-order valence-corrected chi connectivity index (χ2v) is 4.25. The van der Waals surface area contributed by atoms with E-state index < -0.39 is 0 Å². The zero-order valence-corrected chi connectivity index (χ0v) is 9.84. The maximum absolute atomic E-state index is 8.63. The summed E-state index contributed by atoms with van der Waals surface area (Å²) in [6.07, 6.45) is 10.3. The first-order valence-corrected chi connectivity index (χ1v) is 6.03. The molecule has 0 aromatic heterocycles. The molecule has 17 heavy (non-hydrogen) atoms. The van der Waals surface area contributed by atoms with Crippen molar-refractivity contribution in [1.29, 1.82) is 0 Å². The summed E-state index contributed by atoms with van der Waals surface area (Å²) >= 11 is 0. The summed E-state index contributed by atoms with van der Waals surface area (Å²) in [5.74, 6) is 0. The van der Waals surface area contributed by atoms with E-state index in [0.717, 1.165) is 18.4 Å². The van der Waals surface area contributed by atoms with Gasteiger partial charge >= 0.3 is 0 Å². The molecule has 1 aliphatic carbocycles. The van der Waals surface area contributed by atoms with E-state index >= 15 is 0 Å². The van der Waals surface area contributed by atoms with Gasteiger partial charge in [-0.2, -0.15) is 0 Å². The average Bonchev–Trinajstić information content (AvgIpc) is 2.39. The van der Waals surface area contributed by atoms with E-state index in [1.165, 1.54) is 24.0 Å². The lowest BCUT2D eigenvalue weighted by Gasteiger charge is -2.14. The number of oxime groups is 1. The maximum Gasteiger partial charge on any atom is 0.0696 e. The molecule has 1 aliphatic rings. The summed E-state index contributed by atoms with van der Waals surface area (Å²) in [6.45, 7) is 0. The van der Waals surface area contributed by atoms with Crippen molar-refractivity contribution in [3.8, 4) is 0 Å². The van der Waals surface area contributed by atoms with Crippen molar-refractivity contribution in [3.63, 3.8) is 0 Å². The van der Waals surface area contributed by atoms with Gasteiger partial charge in [0.25, 0.3) is 0 Å². The fraction of sp³-hybridized carbons (Fsp3) is 0.267. The molecule has 0 heterocycles. The molecule has 0 bridgehead atoms. The second-order valence-electron chi connectivity index (χ2n) is 4.25. The maximum atomic E-state index is 8.63. The van der Waals surface area contributed by atoms with Crippen LogP contribution in [0.1, 0.15) is 31.2 Å². The van der Waals surface area contributed by atoms with Gasteiger partial charge in [-0.15, -0.1) is 0 Å². The van der Waals surface area contributed by atoms with Gasteiger partial charge in [0, 0.05) is 0 Å². The largest absolute Gasteiger partial charge is 0.411 e. The normalized spacial score (nSPS) is 17.2. The van der Waals surface area contributed by atoms with Gasteiger partial charge in [-0.1, -0.05) is 47.6 Å². The van der Waals surface area contributed by atoms with Crippen LogP contribution in [0.4, 0.5) is 0 Å². The van der Waals surface area contributed by atoms with Crippen molar-refractivity contribution in [2.45, 2.75) is 25.7 Å². The van der Waals surface area contributed by atoms with Crippen LogP contribution in [0.3, 0.4) is 0 Å². The van der Waals surface area contributed by atoms with Gasteiger partial charge in [-0.25, -0.2) is 0 Å². The third-order valence-electron chi connectivity index (χ3n) is 3.04. The van der Waals surface area contributed by atoms with E-state index in [1.807, 2.05) is 18.2 Å². The molecule has 2 heteroatoms. The molecule has 2 nitrogen and oxygen atoms in total. The molecule has 1 N–H and O–H groups in total. The first kappa shape index (κ1) is 11.6. The van der Waals surface area contributed by atoms with Gasteiger partial charge in [0.15, 0.2) is 0 Å². The summed E-state index contributed by atoms with van der Waals surface area (Å²) < 4.78 is 0. The Morgan fingerprint density at radius 2 is 1.65 bits per heavy atom. The number of benzene rings is 1. The van der Waals surface area contributed by atoms with Crippen molar-refractivity contribution in [3.05, 3.63) is 53.1 Å². The summed E-state index contributed by atoms with van der Waals surface area (Å²) in [5.41, 5.74) is 3.65. The lowest BCUT2D eigenvalue weighted by Crippen LogP contribution is -1.99. The highest BCUT2D eigenvalue weighted by molar-refractivity contribution is 5.80. The standard InChI is InChI=1S/C15H17NO/c17-16-12-15-9-5-4-8-14(15)11-10-13-6-2-1-3-7-13/h1-3,6-7,10-12,17H,4-5,8-9H2/b11-10+,16-12+. The third kappa shape index (κ3) is 3.31. The average molecular weight is 227 g/mol. The molecular weight excluding hydrogens is 210 g/mol. The first-order chi connectivity index (χ1) is 8.40. The van der Waals surface area contributed by atoms with Crippen LogP contribution in [-0.4, -0.2) is 11.4 Å². The molecule has 0 radical (unpaired) electrons. The molecule has 0 atom stereocenters. The molecule has 0 aliphatic heterocycles. The van der Waals surface area contributed by atoms with Gasteiger partial charge in [0.1, 0.15) is 0 Å². The molecule has 88 valence electrons. The molecule has 1 aromatic rings. The van der Waals surface area contributed by atoms with E-state index in [9.17, 15) is 0 Å². The highest BCUT2D eigenvalue weighted by Gasteiger charge is 2.08. The monoisotopic (exact) mass is 227 g/mol. The van der Waals surface area contributed by atoms with E-state index in [1.54, 1.807) is 6.21 Å². The van der Waals surface area contributed by atoms with E-state index in [4.69, 9.17) is 5.21 Å². The van der Waals surface area contributed by atoms with Crippen LogP contribution in [0.2, 0.25) is 0 Å². The lowest BCUT2D eigenvalue weighted by molar-refractivity contribution is 0.321. The minimum absolute atomic E-state index is 1.01. The molecule has 0 fully saturated rings. The lowest BCUT2D eigenvalue weighted by atomic mass is 9.92. The Labute approximate surface area is 102 Å². The Kier molecular flexibility index (Phi) is 4.14. The Morgan fingerprint density at radius 3 is 2.35 bits per heavy atom. The van der Waals surface area contributed by atoms with Crippen molar-refractivity contribution < 1.29 is 5.21 Å². The van der Waals surface area contributed by atoms with Crippen LogP contribution >= 0.6 is 0 Å². The van der Waals surface area contributed by atoms with E-state index in [-0.39, 0.29) is 0 Å². The predicted molar refractivity (Wildman–Crippen MR) is 71.2 cm³/mol. The highest BCUT2D eigenvalue weighted by Crippen LogP contribution is 2.25. The topological polar surface area (TPSA) is 32.6 Å².